The Morgan fingerprint density at radius 1 is 0.545 bits per heavy atom. The highest BCUT2D eigenvalue weighted by molar-refractivity contribution is 9.10. The van der Waals surface area contributed by atoms with E-state index in [1.165, 1.54) is 0 Å². The van der Waals surface area contributed by atoms with Gasteiger partial charge in [-0.2, -0.15) is 0 Å². The lowest BCUT2D eigenvalue weighted by Crippen LogP contribution is -2.41. The van der Waals surface area contributed by atoms with Crippen molar-refractivity contribution >= 4 is 54.7 Å². The van der Waals surface area contributed by atoms with Gasteiger partial charge in [0.25, 0.3) is 0 Å². The van der Waals surface area contributed by atoms with Crippen LogP contribution in [0.5, 0.6) is 0 Å². The number of alkyl halides is 4. The van der Waals surface area contributed by atoms with Gasteiger partial charge < -0.3 is 48.0 Å². The summed E-state index contributed by atoms with van der Waals surface area (Å²) in [5.74, 6) is 0. The molecule has 20 heteroatoms. The molecule has 3 fully saturated rings. The molecular weight excluding hydrogens is 929 g/mol. The molecule has 0 aromatic heterocycles. The monoisotopic (exact) mass is 1000 g/mol. The average molecular weight is 1000 g/mol. The first-order chi connectivity index (χ1) is 29.8. The first kappa shape index (κ1) is 57.5. The van der Waals surface area contributed by atoms with Crippen molar-refractivity contribution in [3.8, 4) is 0 Å². The normalized spacial score (nSPS) is 20.0. The third-order valence-corrected chi connectivity index (χ3v) is 12.6. The lowest BCUT2D eigenvalue weighted by atomic mass is 9.49. The lowest BCUT2D eigenvalue weighted by molar-refractivity contribution is 0.00578. The fraction of sp³-hybridized carbons (Fsp3) is 0.696. The Morgan fingerprint density at radius 2 is 0.864 bits per heavy atom. The number of amides is 2. The number of nitrogens with one attached hydrogen (secondary N) is 2. The molecule has 0 bridgehead atoms. The quantitative estimate of drug-likeness (QED) is 0.175. The molecule has 0 saturated carbocycles. The second kappa shape index (κ2) is 21.4. The van der Waals surface area contributed by atoms with Crippen LogP contribution in [0.25, 0.3) is 0 Å². The van der Waals surface area contributed by atoms with E-state index >= 15 is 0 Å². The first-order valence-corrected chi connectivity index (χ1v) is 23.0. The fourth-order valence-corrected chi connectivity index (χ4v) is 6.79. The lowest BCUT2D eigenvalue weighted by Gasteiger charge is -2.32. The number of hydrogen-bond acceptors (Lipinski definition) is 10. The van der Waals surface area contributed by atoms with Gasteiger partial charge in [-0.05, 0) is 164 Å². The van der Waals surface area contributed by atoms with E-state index in [1.54, 1.807) is 77.9 Å². The number of benzene rings is 2. The predicted molar refractivity (Wildman–Crippen MR) is 254 cm³/mol. The number of carbonyl (C=O) groups is 2. The van der Waals surface area contributed by atoms with E-state index < -0.39 is 75.0 Å². The standard InChI is InChI=1S/C20H30BF2NO4.C14H18BrF2NO2.C12H24B2O4/c1-18(2,3)26-17(25)24-12-13-8-9-15(10-14(13)11-16(22)23)21-27-19(4,5)20(6,7)28-21;1-14(2,3)20-13(19)18-8-9-4-5-11(15)6-10(9)7-12(16)17;1-9(2)10(3,4)16-13(15-9)14-17-11(5,6)12(7,8)18-14/h8-10,16H,11-12H2,1-7H3,(H,24,25);4-6,12H,7-8H2,1-3H3,(H,18,19);1-8H3. The maximum Gasteiger partial charge on any atom is 0.494 e. The van der Waals surface area contributed by atoms with Gasteiger partial charge in [-0.3, -0.25) is 0 Å². The van der Waals surface area contributed by atoms with Gasteiger partial charge in [0.05, 0.1) is 33.6 Å². The van der Waals surface area contributed by atoms with Crippen molar-refractivity contribution in [1.82, 2.24) is 10.6 Å². The SMILES string of the molecule is CC(C)(C)OC(=O)NCc1ccc(B2OC(C)(C)C(C)(C)O2)cc1CC(F)F.CC(C)(C)OC(=O)NCc1ccc(Br)cc1CC(F)F.CC1(C)OB(B2OC(C)(C)C(C)(C)O2)OC1(C)C. The van der Waals surface area contributed by atoms with Crippen LogP contribution in [0.4, 0.5) is 27.2 Å². The molecule has 0 radical (unpaired) electrons. The van der Waals surface area contributed by atoms with Crippen LogP contribution in [-0.4, -0.2) is 91.0 Å². The van der Waals surface area contributed by atoms with Crippen molar-refractivity contribution in [2.75, 3.05) is 0 Å². The van der Waals surface area contributed by atoms with Gasteiger partial charge in [0.15, 0.2) is 0 Å². The number of alkyl carbamates (subject to hydrolysis) is 2. The minimum Gasteiger partial charge on any atom is -0.444 e. The number of carbonyl (C=O) groups excluding carboxylic acids is 2. The molecule has 0 unspecified atom stereocenters. The Hall–Kier alpha value is -2.87. The van der Waals surface area contributed by atoms with Crippen molar-refractivity contribution in [3.63, 3.8) is 0 Å². The van der Waals surface area contributed by atoms with E-state index in [4.69, 9.17) is 37.4 Å². The highest BCUT2D eigenvalue weighted by Gasteiger charge is 2.63. The predicted octanol–water partition coefficient (Wildman–Crippen LogP) is 10.3. The van der Waals surface area contributed by atoms with Crippen LogP contribution >= 0.6 is 15.9 Å². The van der Waals surface area contributed by atoms with Gasteiger partial charge in [-0.15, -0.1) is 0 Å². The van der Waals surface area contributed by atoms with E-state index in [0.717, 1.165) is 4.47 Å². The fourth-order valence-electron chi connectivity index (χ4n) is 6.39. The molecule has 12 nitrogen and oxygen atoms in total. The number of hydrogen-bond donors (Lipinski definition) is 2. The van der Waals surface area contributed by atoms with Crippen molar-refractivity contribution < 1.29 is 64.6 Å². The second-order valence-corrected chi connectivity index (χ2v) is 22.6. The van der Waals surface area contributed by atoms with Crippen LogP contribution < -0.4 is 16.1 Å². The van der Waals surface area contributed by atoms with E-state index in [2.05, 4.69) is 26.6 Å². The van der Waals surface area contributed by atoms with E-state index in [1.807, 2.05) is 83.1 Å². The summed E-state index contributed by atoms with van der Waals surface area (Å²) in [5.41, 5.74) is -0.809. The summed E-state index contributed by atoms with van der Waals surface area (Å²) in [4.78, 5) is 23.4. The highest BCUT2D eigenvalue weighted by atomic mass is 79.9. The summed E-state index contributed by atoms with van der Waals surface area (Å²) in [6, 6.07) is 10.3. The van der Waals surface area contributed by atoms with Crippen LogP contribution in [0.15, 0.2) is 40.9 Å². The van der Waals surface area contributed by atoms with Gasteiger partial charge in [0.2, 0.25) is 12.9 Å². The van der Waals surface area contributed by atoms with Crippen molar-refractivity contribution in [2.45, 2.75) is 208 Å². The molecule has 2 N–H and O–H groups in total. The summed E-state index contributed by atoms with van der Waals surface area (Å²) >= 11 is 3.25. The molecular formula is C46H72B3BrF4N2O10. The van der Waals surface area contributed by atoms with Crippen molar-refractivity contribution in [3.05, 3.63) is 63.1 Å². The molecule has 3 aliphatic rings. The summed E-state index contributed by atoms with van der Waals surface area (Å²) in [5, 5.41) is 5.18. The maximum atomic E-state index is 13.1. The van der Waals surface area contributed by atoms with Crippen LogP contribution in [0.3, 0.4) is 0 Å². The van der Waals surface area contributed by atoms with E-state index in [0.29, 0.717) is 27.7 Å². The summed E-state index contributed by atoms with van der Waals surface area (Å²) in [6.07, 6.45) is -6.85. The molecule has 66 heavy (non-hydrogen) atoms. The zero-order valence-electron chi connectivity index (χ0n) is 42.2. The second-order valence-electron chi connectivity index (χ2n) is 21.7. The van der Waals surface area contributed by atoms with E-state index in [9.17, 15) is 27.2 Å². The smallest absolute Gasteiger partial charge is 0.444 e. The summed E-state index contributed by atoms with van der Waals surface area (Å²) in [6.45, 7) is 34.8. The molecule has 3 aliphatic heterocycles. The zero-order chi connectivity index (χ0) is 50.6. The molecule has 2 amide bonds. The minimum absolute atomic E-state index is 0.0978. The topological polar surface area (TPSA) is 132 Å². The number of rotatable bonds is 10. The van der Waals surface area contributed by atoms with Crippen LogP contribution in [0.2, 0.25) is 0 Å². The van der Waals surface area contributed by atoms with Crippen molar-refractivity contribution in [2.24, 2.45) is 0 Å². The third-order valence-electron chi connectivity index (χ3n) is 12.1. The molecule has 370 valence electrons. The molecule has 3 saturated heterocycles. The van der Waals surface area contributed by atoms with Gasteiger partial charge in [0, 0.05) is 30.4 Å². The van der Waals surface area contributed by atoms with Gasteiger partial charge >= 0.3 is 33.3 Å². The van der Waals surface area contributed by atoms with Crippen LogP contribution in [0.1, 0.15) is 147 Å². The highest BCUT2D eigenvalue weighted by Crippen LogP contribution is 2.43. The van der Waals surface area contributed by atoms with Gasteiger partial charge in [-0.25, -0.2) is 27.2 Å². The Labute approximate surface area is 399 Å². The van der Waals surface area contributed by atoms with Gasteiger partial charge in [0.1, 0.15) is 11.2 Å². The minimum atomic E-state index is -2.51. The molecule has 0 aliphatic carbocycles. The Morgan fingerprint density at radius 3 is 1.20 bits per heavy atom. The van der Waals surface area contributed by atoms with Crippen LogP contribution in [-0.2, 0) is 63.3 Å². The molecule has 5 rings (SSSR count). The molecule has 3 heterocycles. The molecule has 2 aromatic carbocycles. The zero-order valence-corrected chi connectivity index (χ0v) is 43.7. The Bertz CT molecular complexity index is 1890. The Kier molecular flexibility index (Phi) is 18.6. The molecule has 2 aromatic rings. The van der Waals surface area contributed by atoms with Crippen LogP contribution in [0, 0.1) is 0 Å². The molecule has 0 spiro atoms. The molecule has 0 atom stereocenters. The number of halogens is 5. The number of ether oxygens (including phenoxy) is 2. The average Bonchev–Trinajstić information content (AvgIpc) is 3.58. The van der Waals surface area contributed by atoms with Crippen molar-refractivity contribution in [1.29, 1.82) is 0 Å². The first-order valence-electron chi connectivity index (χ1n) is 22.2. The van der Waals surface area contributed by atoms with E-state index in [-0.39, 0.29) is 41.9 Å². The maximum absolute atomic E-state index is 13.1. The third kappa shape index (κ3) is 16.4. The summed E-state index contributed by atoms with van der Waals surface area (Å²) < 4.78 is 98.1. The summed E-state index contributed by atoms with van der Waals surface area (Å²) in [7, 11) is -1.58. The van der Waals surface area contributed by atoms with Gasteiger partial charge in [-0.1, -0.05) is 40.2 Å². The largest absolute Gasteiger partial charge is 0.494 e. The Balaban J connectivity index is 0.000000271.